The molecule has 0 saturated carbocycles. The third-order valence-electron chi connectivity index (χ3n) is 2.74. The van der Waals surface area contributed by atoms with Gasteiger partial charge >= 0.3 is 6.09 Å². The Morgan fingerprint density at radius 2 is 2.06 bits per heavy atom. The van der Waals surface area contributed by atoms with Crippen LogP contribution in [-0.4, -0.2) is 36.8 Å². The minimum Gasteiger partial charge on any atom is -0.499 e. The van der Waals surface area contributed by atoms with Gasteiger partial charge in [-0.15, -0.1) is 0 Å². The lowest BCUT2D eigenvalue weighted by Crippen LogP contribution is -2.41. The molecule has 1 aliphatic heterocycles. The zero-order valence-electron chi connectivity index (χ0n) is 11.5. The maximum absolute atomic E-state index is 11.9. The van der Waals surface area contributed by atoms with E-state index >= 15 is 0 Å². The van der Waals surface area contributed by atoms with Gasteiger partial charge in [-0.05, 0) is 39.2 Å². The molecule has 98 valence electrons. The monoisotopic (exact) mass is 241 g/mol. The third kappa shape index (κ3) is 3.95. The number of rotatable bonds is 2. The maximum atomic E-state index is 11.9. The summed E-state index contributed by atoms with van der Waals surface area (Å²) in [6.45, 7) is 8.97. The smallest absolute Gasteiger partial charge is 0.410 e. The number of carbonyl (C=O) groups excluding carboxylic acids is 1. The highest BCUT2D eigenvalue weighted by Gasteiger charge is 2.26. The molecule has 17 heavy (non-hydrogen) atoms. The van der Waals surface area contributed by atoms with Gasteiger partial charge in [0.25, 0.3) is 0 Å². The van der Waals surface area contributed by atoms with Crippen LogP contribution in [0.2, 0.25) is 0 Å². The molecule has 0 spiro atoms. The highest BCUT2D eigenvalue weighted by molar-refractivity contribution is 5.68. The molecule has 0 fully saturated rings. The molecule has 0 aromatic rings. The van der Waals surface area contributed by atoms with Gasteiger partial charge in [0.05, 0.1) is 13.7 Å². The number of nitrogens with zero attached hydrogens (tertiary/aromatic N) is 1. The predicted molar refractivity (Wildman–Crippen MR) is 66.8 cm³/mol. The molecule has 1 heterocycles. The van der Waals surface area contributed by atoms with Crippen LogP contribution in [0, 0.1) is 0 Å². The van der Waals surface area contributed by atoms with Crippen LogP contribution in [-0.2, 0) is 9.47 Å². The SMILES string of the molecule is CCC1=C(OC)CN(C(=O)OC(C)(C)C)CC1. The van der Waals surface area contributed by atoms with Crippen LogP contribution in [0.1, 0.15) is 40.5 Å². The molecule has 4 nitrogen and oxygen atoms in total. The minimum atomic E-state index is -0.445. The van der Waals surface area contributed by atoms with Gasteiger partial charge in [0.2, 0.25) is 0 Å². The molecule has 1 rings (SSSR count). The molecule has 1 amide bonds. The molecule has 1 aliphatic rings. The van der Waals surface area contributed by atoms with Crippen LogP contribution >= 0.6 is 0 Å². The van der Waals surface area contributed by atoms with Gasteiger partial charge in [-0.3, -0.25) is 0 Å². The Hall–Kier alpha value is -1.19. The summed E-state index contributed by atoms with van der Waals surface area (Å²) in [6, 6.07) is 0. The first-order valence-electron chi connectivity index (χ1n) is 6.10. The van der Waals surface area contributed by atoms with Crippen molar-refractivity contribution < 1.29 is 14.3 Å². The van der Waals surface area contributed by atoms with Gasteiger partial charge in [0.1, 0.15) is 11.4 Å². The van der Waals surface area contributed by atoms with Crippen LogP contribution in [0.4, 0.5) is 4.79 Å². The fraction of sp³-hybridized carbons (Fsp3) is 0.769. The largest absolute Gasteiger partial charge is 0.499 e. The molecule has 0 aliphatic carbocycles. The van der Waals surface area contributed by atoms with Gasteiger partial charge in [0, 0.05) is 6.54 Å². The molecule has 0 saturated heterocycles. The van der Waals surface area contributed by atoms with Crippen molar-refractivity contribution in [1.29, 1.82) is 0 Å². The number of hydrogen-bond donors (Lipinski definition) is 0. The van der Waals surface area contributed by atoms with E-state index in [4.69, 9.17) is 9.47 Å². The van der Waals surface area contributed by atoms with E-state index in [2.05, 4.69) is 6.92 Å². The zero-order valence-corrected chi connectivity index (χ0v) is 11.5. The van der Waals surface area contributed by atoms with E-state index in [-0.39, 0.29) is 6.09 Å². The Balaban J connectivity index is 2.66. The highest BCUT2D eigenvalue weighted by Crippen LogP contribution is 2.22. The van der Waals surface area contributed by atoms with Crippen molar-refractivity contribution in [3.8, 4) is 0 Å². The summed E-state index contributed by atoms with van der Waals surface area (Å²) >= 11 is 0. The molecule has 4 heteroatoms. The predicted octanol–water partition coefficient (Wildman–Crippen LogP) is 2.94. The molecule has 0 N–H and O–H groups in total. The average molecular weight is 241 g/mol. The second kappa shape index (κ2) is 5.43. The summed E-state index contributed by atoms with van der Waals surface area (Å²) in [7, 11) is 1.66. The standard InChI is InChI=1S/C13H23NO3/c1-6-10-7-8-14(9-11(10)16-5)12(15)17-13(2,3)4/h6-9H2,1-5H3. The summed E-state index contributed by atoms with van der Waals surface area (Å²) in [5.41, 5.74) is 0.853. The van der Waals surface area contributed by atoms with Gasteiger partial charge in [0.15, 0.2) is 0 Å². The van der Waals surface area contributed by atoms with Crippen molar-refractivity contribution >= 4 is 6.09 Å². The molecule has 0 aromatic heterocycles. The Labute approximate surface area is 104 Å². The van der Waals surface area contributed by atoms with Gasteiger partial charge < -0.3 is 14.4 Å². The lowest BCUT2D eigenvalue weighted by molar-refractivity contribution is 0.0226. The highest BCUT2D eigenvalue weighted by atomic mass is 16.6. The molecule has 0 unspecified atom stereocenters. The van der Waals surface area contributed by atoms with Crippen molar-refractivity contribution in [2.24, 2.45) is 0 Å². The van der Waals surface area contributed by atoms with Crippen molar-refractivity contribution in [2.45, 2.75) is 46.1 Å². The van der Waals surface area contributed by atoms with Crippen molar-refractivity contribution in [1.82, 2.24) is 4.90 Å². The van der Waals surface area contributed by atoms with Gasteiger partial charge in [-0.1, -0.05) is 6.92 Å². The number of hydrogen-bond acceptors (Lipinski definition) is 3. The van der Waals surface area contributed by atoms with Crippen LogP contribution in [0.5, 0.6) is 0 Å². The average Bonchev–Trinajstić information content (AvgIpc) is 2.25. The van der Waals surface area contributed by atoms with E-state index in [0.717, 1.165) is 18.6 Å². The fourth-order valence-corrected chi connectivity index (χ4v) is 1.84. The minimum absolute atomic E-state index is 0.262. The summed E-state index contributed by atoms with van der Waals surface area (Å²) in [6.07, 6.45) is 1.59. The Morgan fingerprint density at radius 1 is 1.41 bits per heavy atom. The van der Waals surface area contributed by atoms with Gasteiger partial charge in [-0.25, -0.2) is 4.79 Å². The molecule has 0 atom stereocenters. The second-order valence-electron chi connectivity index (χ2n) is 5.24. The summed E-state index contributed by atoms with van der Waals surface area (Å²) in [5.74, 6) is 0.907. The van der Waals surface area contributed by atoms with E-state index in [9.17, 15) is 4.79 Å². The Bertz CT molecular complexity index is 315. The number of ether oxygens (including phenoxy) is 2. The number of methoxy groups -OCH3 is 1. The lowest BCUT2D eigenvalue weighted by atomic mass is 10.0. The first kappa shape index (κ1) is 13.9. The van der Waals surface area contributed by atoms with E-state index in [1.807, 2.05) is 20.8 Å². The van der Waals surface area contributed by atoms with Crippen LogP contribution < -0.4 is 0 Å². The first-order valence-corrected chi connectivity index (χ1v) is 6.10. The number of amides is 1. The summed E-state index contributed by atoms with van der Waals surface area (Å²) in [5, 5.41) is 0. The van der Waals surface area contributed by atoms with Crippen molar-refractivity contribution in [2.75, 3.05) is 20.2 Å². The normalized spacial score (nSPS) is 17.1. The summed E-state index contributed by atoms with van der Waals surface area (Å²) in [4.78, 5) is 13.6. The summed E-state index contributed by atoms with van der Waals surface area (Å²) < 4.78 is 10.7. The van der Waals surface area contributed by atoms with Crippen LogP contribution in [0.3, 0.4) is 0 Å². The molecule has 0 bridgehead atoms. The molecular weight excluding hydrogens is 218 g/mol. The first-order chi connectivity index (χ1) is 7.87. The second-order valence-corrected chi connectivity index (χ2v) is 5.24. The van der Waals surface area contributed by atoms with E-state index < -0.39 is 5.60 Å². The third-order valence-corrected chi connectivity index (χ3v) is 2.74. The van der Waals surface area contributed by atoms with Crippen molar-refractivity contribution in [3.05, 3.63) is 11.3 Å². The molecular formula is C13H23NO3. The Kier molecular flexibility index (Phi) is 4.43. The number of carbonyl (C=O) groups is 1. The zero-order chi connectivity index (χ0) is 13.1. The Morgan fingerprint density at radius 3 is 2.53 bits per heavy atom. The van der Waals surface area contributed by atoms with Crippen LogP contribution in [0.15, 0.2) is 11.3 Å². The lowest BCUT2D eigenvalue weighted by Gasteiger charge is -2.31. The van der Waals surface area contributed by atoms with Crippen LogP contribution in [0.25, 0.3) is 0 Å². The quantitative estimate of drug-likeness (QED) is 0.746. The maximum Gasteiger partial charge on any atom is 0.410 e. The van der Waals surface area contributed by atoms with E-state index in [1.165, 1.54) is 5.57 Å². The topological polar surface area (TPSA) is 38.8 Å². The van der Waals surface area contributed by atoms with E-state index in [0.29, 0.717) is 13.1 Å². The fourth-order valence-electron chi connectivity index (χ4n) is 1.84. The molecule has 0 radical (unpaired) electrons. The molecule has 0 aromatic carbocycles. The van der Waals surface area contributed by atoms with E-state index in [1.54, 1.807) is 12.0 Å². The van der Waals surface area contributed by atoms with Crippen molar-refractivity contribution in [3.63, 3.8) is 0 Å². The van der Waals surface area contributed by atoms with Gasteiger partial charge in [-0.2, -0.15) is 0 Å².